The molecule has 104 valence electrons. The molecule has 1 aromatic carbocycles. The molecule has 3 atom stereocenters. The SMILES string of the molecule is CC1Oc2ccc(C#N)cc2C(N2CCCC2=O)C1O. The summed E-state index contributed by atoms with van der Waals surface area (Å²) in [6, 6.07) is 6.80. The van der Waals surface area contributed by atoms with Crippen LogP contribution in [0.3, 0.4) is 0 Å². The molecule has 0 saturated carbocycles. The van der Waals surface area contributed by atoms with Crippen LogP contribution in [0.4, 0.5) is 0 Å². The number of likely N-dealkylation sites (tertiary alicyclic amines) is 1. The summed E-state index contributed by atoms with van der Waals surface area (Å²) in [6.45, 7) is 2.43. The number of hydrogen-bond donors (Lipinski definition) is 1. The van der Waals surface area contributed by atoms with Crippen LogP contribution in [0.25, 0.3) is 0 Å². The predicted octanol–water partition coefficient (Wildman–Crippen LogP) is 1.36. The van der Waals surface area contributed by atoms with Crippen LogP contribution >= 0.6 is 0 Å². The summed E-state index contributed by atoms with van der Waals surface area (Å²) >= 11 is 0. The monoisotopic (exact) mass is 272 g/mol. The Balaban J connectivity index is 2.08. The molecule has 2 aliphatic heterocycles. The number of ether oxygens (including phenoxy) is 1. The molecular formula is C15H16N2O3. The van der Waals surface area contributed by atoms with Crippen molar-refractivity contribution in [2.75, 3.05) is 6.54 Å². The Hall–Kier alpha value is -2.06. The Labute approximate surface area is 117 Å². The lowest BCUT2D eigenvalue weighted by molar-refractivity contribution is -0.135. The van der Waals surface area contributed by atoms with Crippen LogP contribution in [0, 0.1) is 11.3 Å². The first-order valence-corrected chi connectivity index (χ1v) is 6.80. The zero-order chi connectivity index (χ0) is 14.3. The molecule has 0 spiro atoms. The van der Waals surface area contributed by atoms with E-state index in [2.05, 4.69) is 6.07 Å². The molecule has 0 aliphatic carbocycles. The summed E-state index contributed by atoms with van der Waals surface area (Å²) in [7, 11) is 0. The smallest absolute Gasteiger partial charge is 0.223 e. The van der Waals surface area contributed by atoms with Crippen LogP contribution in [-0.4, -0.2) is 34.7 Å². The maximum atomic E-state index is 12.0. The van der Waals surface area contributed by atoms with Gasteiger partial charge >= 0.3 is 0 Å². The molecule has 0 bridgehead atoms. The van der Waals surface area contributed by atoms with Gasteiger partial charge < -0.3 is 14.7 Å². The van der Waals surface area contributed by atoms with Gasteiger partial charge in [-0.25, -0.2) is 0 Å². The number of fused-ring (bicyclic) bond motifs is 1. The topological polar surface area (TPSA) is 73.6 Å². The van der Waals surface area contributed by atoms with E-state index in [1.807, 2.05) is 0 Å². The summed E-state index contributed by atoms with van der Waals surface area (Å²) < 4.78 is 5.67. The molecule has 5 nitrogen and oxygen atoms in total. The Kier molecular flexibility index (Phi) is 3.11. The number of rotatable bonds is 1. The molecule has 1 aromatic rings. The van der Waals surface area contributed by atoms with Crippen LogP contribution in [0.5, 0.6) is 5.75 Å². The number of aliphatic hydroxyl groups excluding tert-OH is 1. The van der Waals surface area contributed by atoms with Crippen LogP contribution < -0.4 is 4.74 Å². The number of benzene rings is 1. The molecule has 0 radical (unpaired) electrons. The largest absolute Gasteiger partial charge is 0.488 e. The average molecular weight is 272 g/mol. The number of carbonyl (C=O) groups excluding carboxylic acids is 1. The number of aliphatic hydroxyl groups is 1. The van der Waals surface area contributed by atoms with Gasteiger partial charge in [0.2, 0.25) is 5.91 Å². The lowest BCUT2D eigenvalue weighted by atomic mass is 9.92. The van der Waals surface area contributed by atoms with Crippen LogP contribution in [0.1, 0.15) is 36.9 Å². The number of hydrogen-bond acceptors (Lipinski definition) is 4. The van der Waals surface area contributed by atoms with E-state index in [1.54, 1.807) is 30.0 Å². The lowest BCUT2D eigenvalue weighted by Gasteiger charge is -2.40. The zero-order valence-electron chi connectivity index (χ0n) is 11.2. The van der Waals surface area contributed by atoms with E-state index >= 15 is 0 Å². The maximum Gasteiger partial charge on any atom is 0.223 e. The third-order valence-corrected chi connectivity index (χ3v) is 4.02. The second-order valence-electron chi connectivity index (χ2n) is 5.31. The van der Waals surface area contributed by atoms with Crippen LogP contribution in [0.15, 0.2) is 18.2 Å². The molecule has 3 rings (SSSR count). The van der Waals surface area contributed by atoms with E-state index in [9.17, 15) is 9.90 Å². The molecular weight excluding hydrogens is 256 g/mol. The second kappa shape index (κ2) is 4.80. The zero-order valence-corrected chi connectivity index (χ0v) is 11.2. The average Bonchev–Trinajstić information content (AvgIpc) is 2.86. The van der Waals surface area contributed by atoms with Gasteiger partial charge in [0, 0.05) is 18.5 Å². The Morgan fingerprint density at radius 3 is 2.95 bits per heavy atom. The summed E-state index contributed by atoms with van der Waals surface area (Å²) in [5, 5.41) is 19.5. The Morgan fingerprint density at radius 1 is 1.50 bits per heavy atom. The first kappa shape index (κ1) is 12.9. The van der Waals surface area contributed by atoms with Crippen LogP contribution in [0.2, 0.25) is 0 Å². The van der Waals surface area contributed by atoms with Crippen molar-refractivity contribution in [1.82, 2.24) is 4.90 Å². The highest BCUT2D eigenvalue weighted by atomic mass is 16.5. The van der Waals surface area contributed by atoms with Gasteiger partial charge in [-0.2, -0.15) is 5.26 Å². The molecule has 1 saturated heterocycles. The summed E-state index contributed by atoms with van der Waals surface area (Å²) in [5.74, 6) is 0.697. The fourth-order valence-electron chi connectivity index (χ4n) is 2.98. The van der Waals surface area contributed by atoms with Crippen molar-refractivity contribution in [3.8, 4) is 11.8 Å². The minimum Gasteiger partial charge on any atom is -0.488 e. The highest BCUT2D eigenvalue weighted by Crippen LogP contribution is 2.40. The molecule has 1 fully saturated rings. The van der Waals surface area contributed by atoms with E-state index in [-0.39, 0.29) is 12.0 Å². The molecule has 20 heavy (non-hydrogen) atoms. The molecule has 5 heteroatoms. The van der Waals surface area contributed by atoms with Crippen molar-refractivity contribution in [1.29, 1.82) is 5.26 Å². The van der Waals surface area contributed by atoms with Gasteiger partial charge in [0.05, 0.1) is 17.7 Å². The van der Waals surface area contributed by atoms with Gasteiger partial charge in [-0.05, 0) is 31.5 Å². The number of nitrogens with zero attached hydrogens (tertiary/aromatic N) is 2. The minimum absolute atomic E-state index is 0.0523. The van der Waals surface area contributed by atoms with Gasteiger partial charge in [0.25, 0.3) is 0 Å². The fourth-order valence-corrected chi connectivity index (χ4v) is 2.98. The van der Waals surface area contributed by atoms with Crippen molar-refractivity contribution >= 4 is 5.91 Å². The van der Waals surface area contributed by atoms with E-state index in [0.717, 1.165) is 12.0 Å². The fraction of sp³-hybridized carbons (Fsp3) is 0.467. The van der Waals surface area contributed by atoms with Crippen LogP contribution in [-0.2, 0) is 4.79 Å². The number of carbonyl (C=O) groups is 1. The van der Waals surface area contributed by atoms with E-state index in [0.29, 0.717) is 24.3 Å². The molecule has 2 aliphatic rings. The maximum absolute atomic E-state index is 12.0. The summed E-state index contributed by atoms with van der Waals surface area (Å²) in [6.07, 6.45) is 0.170. The minimum atomic E-state index is -0.779. The Morgan fingerprint density at radius 2 is 2.30 bits per heavy atom. The van der Waals surface area contributed by atoms with E-state index < -0.39 is 12.1 Å². The van der Waals surface area contributed by atoms with Crippen molar-refractivity contribution in [2.45, 2.75) is 38.0 Å². The molecule has 3 unspecified atom stereocenters. The lowest BCUT2D eigenvalue weighted by Crippen LogP contribution is -2.47. The van der Waals surface area contributed by atoms with Gasteiger partial charge in [-0.15, -0.1) is 0 Å². The Bertz CT molecular complexity index is 593. The molecule has 2 heterocycles. The molecule has 0 aromatic heterocycles. The number of amides is 1. The summed E-state index contributed by atoms with van der Waals surface area (Å²) in [5.41, 5.74) is 1.23. The predicted molar refractivity (Wildman–Crippen MR) is 70.9 cm³/mol. The quantitative estimate of drug-likeness (QED) is 0.837. The first-order valence-electron chi connectivity index (χ1n) is 6.80. The van der Waals surface area contributed by atoms with Crippen molar-refractivity contribution < 1.29 is 14.6 Å². The number of nitriles is 1. The molecule has 1 amide bonds. The first-order chi connectivity index (χ1) is 9.61. The van der Waals surface area contributed by atoms with Gasteiger partial charge in [0.15, 0.2) is 0 Å². The van der Waals surface area contributed by atoms with E-state index in [1.165, 1.54) is 0 Å². The van der Waals surface area contributed by atoms with Crippen molar-refractivity contribution in [2.24, 2.45) is 0 Å². The van der Waals surface area contributed by atoms with Gasteiger partial charge in [-0.1, -0.05) is 0 Å². The van der Waals surface area contributed by atoms with Crippen molar-refractivity contribution in [3.05, 3.63) is 29.3 Å². The van der Waals surface area contributed by atoms with E-state index in [4.69, 9.17) is 10.00 Å². The third-order valence-electron chi connectivity index (χ3n) is 4.02. The normalized spacial score (nSPS) is 28.8. The highest BCUT2D eigenvalue weighted by Gasteiger charge is 2.41. The summed E-state index contributed by atoms with van der Waals surface area (Å²) in [4.78, 5) is 13.7. The van der Waals surface area contributed by atoms with Gasteiger partial charge in [0.1, 0.15) is 18.0 Å². The standard InChI is InChI=1S/C15H16N2O3/c1-9-15(19)14(17-6-2-3-13(17)18)11-7-10(8-16)4-5-12(11)20-9/h4-5,7,9,14-15,19H,2-3,6H2,1H3. The second-order valence-corrected chi connectivity index (χ2v) is 5.31. The molecule has 1 N–H and O–H groups in total. The van der Waals surface area contributed by atoms with Gasteiger partial charge in [-0.3, -0.25) is 4.79 Å². The third kappa shape index (κ3) is 1.93. The highest BCUT2D eigenvalue weighted by molar-refractivity contribution is 5.79. The van der Waals surface area contributed by atoms with Crippen molar-refractivity contribution in [3.63, 3.8) is 0 Å².